The Morgan fingerprint density at radius 2 is 1.33 bits per heavy atom. The number of alkyl halides is 3. The van der Waals surface area contributed by atoms with Crippen molar-refractivity contribution >= 4 is 59.0 Å². The number of hydrogen-bond acceptors (Lipinski definition) is 2. The molecule has 0 fully saturated rings. The van der Waals surface area contributed by atoms with E-state index in [1.165, 1.54) is 0 Å². The first-order chi connectivity index (χ1) is 3.25. The molecule has 0 amide bonds. The van der Waals surface area contributed by atoms with Crippen LogP contribution in [0.25, 0.3) is 0 Å². The van der Waals surface area contributed by atoms with Gasteiger partial charge in [-0.1, -0.05) is 0 Å². The first-order valence-corrected chi connectivity index (χ1v) is 2.73. The molecular formula is CH3BaF3O3S. The molecule has 0 bridgehead atoms. The maximum atomic E-state index is 10.7. The summed E-state index contributed by atoms with van der Waals surface area (Å²) in [6.07, 6.45) is 0. The van der Waals surface area contributed by atoms with Crippen molar-refractivity contribution in [1.29, 1.82) is 0 Å². The quantitative estimate of drug-likeness (QED) is 0.371. The molecule has 0 aliphatic carbocycles. The fourth-order valence-corrected chi connectivity index (χ4v) is 0. The van der Waals surface area contributed by atoms with Crippen molar-refractivity contribution in [1.82, 2.24) is 0 Å². The van der Waals surface area contributed by atoms with Gasteiger partial charge in [0.1, 0.15) is 0 Å². The summed E-state index contributed by atoms with van der Waals surface area (Å²) in [5, 5.41) is 0. The summed E-state index contributed by atoms with van der Waals surface area (Å²) in [6.45, 7) is 0. The number of rotatable bonds is 0. The molecule has 0 saturated heterocycles. The number of halogens is 3. The van der Waals surface area contributed by atoms with E-state index in [9.17, 15) is 13.2 Å². The Morgan fingerprint density at radius 1 is 1.22 bits per heavy atom. The van der Waals surface area contributed by atoms with Crippen LogP contribution in [0.5, 0.6) is 0 Å². The maximum absolute atomic E-state index is 10.7. The van der Waals surface area contributed by atoms with Crippen molar-refractivity contribution in [3.8, 4) is 0 Å². The topological polar surface area (TPSA) is 54.4 Å². The molecule has 0 atom stereocenters. The molecule has 8 heteroatoms. The zero-order chi connectivity index (χ0) is 7.00. The Bertz CT molecular complexity index is 168. The van der Waals surface area contributed by atoms with E-state index >= 15 is 0 Å². The molecule has 1 N–H and O–H groups in total. The van der Waals surface area contributed by atoms with Gasteiger partial charge < -0.3 is 0 Å². The third-order valence-corrected chi connectivity index (χ3v) is 0.877. The average Bonchev–Trinajstić information content (AvgIpc) is 1.25. The van der Waals surface area contributed by atoms with E-state index in [0.29, 0.717) is 0 Å². The summed E-state index contributed by atoms with van der Waals surface area (Å²) < 4.78 is 57.5. The van der Waals surface area contributed by atoms with Gasteiger partial charge in [-0.3, -0.25) is 4.55 Å². The van der Waals surface area contributed by atoms with Crippen molar-refractivity contribution < 1.29 is 26.1 Å². The van der Waals surface area contributed by atoms with Crippen molar-refractivity contribution in [2.24, 2.45) is 0 Å². The molecule has 0 spiro atoms. The van der Waals surface area contributed by atoms with Gasteiger partial charge in [-0.25, -0.2) is 0 Å². The van der Waals surface area contributed by atoms with Gasteiger partial charge in [0, 0.05) is 0 Å². The van der Waals surface area contributed by atoms with Crippen LogP contribution in [0.1, 0.15) is 0 Å². The van der Waals surface area contributed by atoms with Crippen LogP contribution in [0, 0.1) is 0 Å². The third-order valence-electron chi connectivity index (χ3n) is 0.292. The van der Waals surface area contributed by atoms with E-state index < -0.39 is 15.6 Å². The minimum absolute atomic E-state index is 0. The van der Waals surface area contributed by atoms with Crippen LogP contribution in [0.2, 0.25) is 0 Å². The molecular weight excluding hydrogens is 286 g/mol. The van der Waals surface area contributed by atoms with Gasteiger partial charge in [0.25, 0.3) is 0 Å². The molecule has 0 saturated carbocycles. The van der Waals surface area contributed by atoms with Crippen molar-refractivity contribution in [2.45, 2.75) is 5.51 Å². The second-order valence-electron chi connectivity index (χ2n) is 0.921. The van der Waals surface area contributed by atoms with Crippen molar-refractivity contribution in [3.05, 3.63) is 0 Å². The molecule has 0 aliphatic rings. The predicted octanol–water partition coefficient (Wildman–Crippen LogP) is -0.522. The molecule has 0 aromatic rings. The monoisotopic (exact) mass is 290 g/mol. The summed E-state index contributed by atoms with van der Waals surface area (Å²) in [5.41, 5.74) is -5.53. The van der Waals surface area contributed by atoms with Crippen molar-refractivity contribution in [2.75, 3.05) is 0 Å². The van der Waals surface area contributed by atoms with Crippen molar-refractivity contribution in [3.63, 3.8) is 0 Å². The summed E-state index contributed by atoms with van der Waals surface area (Å²) in [4.78, 5) is 0. The van der Waals surface area contributed by atoms with Crippen LogP contribution in [0.15, 0.2) is 0 Å². The molecule has 0 radical (unpaired) electrons. The first kappa shape index (κ1) is 12.9. The first-order valence-electron chi connectivity index (χ1n) is 1.29. The molecule has 0 aliphatic heterocycles. The third kappa shape index (κ3) is 4.65. The second kappa shape index (κ2) is 3.60. The Labute approximate surface area is 89.4 Å². The summed E-state index contributed by atoms with van der Waals surface area (Å²) >= 11 is 0. The average molecular weight is 289 g/mol. The molecule has 0 rings (SSSR count). The fourth-order valence-electron chi connectivity index (χ4n) is 0. The summed E-state index contributed by atoms with van der Waals surface area (Å²) in [6, 6.07) is 0. The zero-order valence-electron chi connectivity index (χ0n) is 3.31. The van der Waals surface area contributed by atoms with E-state index in [0.717, 1.165) is 0 Å². The molecule has 3 nitrogen and oxygen atoms in total. The Kier molecular flexibility index (Phi) is 5.16. The van der Waals surface area contributed by atoms with Gasteiger partial charge >= 0.3 is 64.5 Å². The van der Waals surface area contributed by atoms with Crippen LogP contribution in [-0.2, 0) is 10.1 Å². The Balaban J connectivity index is 0. The SMILES string of the molecule is O=S(=O)(O)C(F)(F)F.[BaH2]. The second-order valence-corrected chi connectivity index (χ2v) is 2.33. The van der Waals surface area contributed by atoms with E-state index in [1.807, 2.05) is 0 Å². The standard InChI is InChI=1S/CHF3O3S.Ba.2H/c2-1(3,4)8(5,6)7;;;/h(H,5,6,7);;;. The Hall–Kier alpha value is 1.27. The van der Waals surface area contributed by atoms with E-state index in [2.05, 4.69) is 0 Å². The molecule has 0 unspecified atom stereocenters. The minimum atomic E-state index is -5.84. The molecule has 0 heterocycles. The van der Waals surface area contributed by atoms with Crippen LogP contribution < -0.4 is 0 Å². The van der Waals surface area contributed by atoms with Gasteiger partial charge in [-0.15, -0.1) is 0 Å². The molecule has 54 valence electrons. The van der Waals surface area contributed by atoms with E-state index in [4.69, 9.17) is 13.0 Å². The summed E-state index contributed by atoms with van der Waals surface area (Å²) in [7, 11) is -5.84. The zero-order valence-corrected chi connectivity index (χ0v) is 4.12. The Morgan fingerprint density at radius 3 is 1.33 bits per heavy atom. The van der Waals surface area contributed by atoms with Gasteiger partial charge in [0.05, 0.1) is 0 Å². The van der Waals surface area contributed by atoms with E-state index in [-0.39, 0.29) is 48.9 Å². The number of hydrogen-bond donors (Lipinski definition) is 1. The molecule has 9 heavy (non-hydrogen) atoms. The van der Waals surface area contributed by atoms with Crippen LogP contribution in [-0.4, -0.2) is 67.4 Å². The van der Waals surface area contributed by atoms with Gasteiger partial charge in [-0.2, -0.15) is 21.6 Å². The van der Waals surface area contributed by atoms with Crippen LogP contribution >= 0.6 is 0 Å². The molecule has 0 aromatic carbocycles. The normalized spacial score (nSPS) is 12.4. The predicted molar refractivity (Wildman–Crippen MR) is 26.1 cm³/mol. The van der Waals surface area contributed by atoms with Gasteiger partial charge in [-0.05, 0) is 0 Å². The fraction of sp³-hybridized carbons (Fsp3) is 1.00. The molecule has 0 aromatic heterocycles. The van der Waals surface area contributed by atoms with Crippen LogP contribution in [0.3, 0.4) is 0 Å². The van der Waals surface area contributed by atoms with Gasteiger partial charge in [0.15, 0.2) is 0 Å². The van der Waals surface area contributed by atoms with E-state index in [1.54, 1.807) is 0 Å². The summed E-state index contributed by atoms with van der Waals surface area (Å²) in [5.74, 6) is 0. The van der Waals surface area contributed by atoms with Crippen LogP contribution in [0.4, 0.5) is 13.2 Å². The van der Waals surface area contributed by atoms with Gasteiger partial charge in [0.2, 0.25) is 0 Å².